The summed E-state index contributed by atoms with van der Waals surface area (Å²) in [6.45, 7) is 2.78. The van der Waals surface area contributed by atoms with Gasteiger partial charge in [-0.2, -0.15) is 0 Å². The molecule has 0 fully saturated rings. The summed E-state index contributed by atoms with van der Waals surface area (Å²) in [6, 6.07) is 0. The third kappa shape index (κ3) is 1.65. The SMILES string of the molecule is CCNc1nc2sc3c(c2c(=O)n1C)CCCC3. The van der Waals surface area contributed by atoms with E-state index in [9.17, 15) is 4.79 Å². The van der Waals surface area contributed by atoms with E-state index in [1.54, 1.807) is 23.0 Å². The maximum atomic E-state index is 12.4. The lowest BCUT2D eigenvalue weighted by molar-refractivity contribution is 0.699. The molecule has 0 atom stereocenters. The van der Waals surface area contributed by atoms with Crippen LogP contribution in [0.4, 0.5) is 5.95 Å². The summed E-state index contributed by atoms with van der Waals surface area (Å²) < 4.78 is 1.63. The summed E-state index contributed by atoms with van der Waals surface area (Å²) in [7, 11) is 1.79. The van der Waals surface area contributed by atoms with Gasteiger partial charge >= 0.3 is 0 Å². The molecule has 1 N–H and O–H groups in total. The maximum Gasteiger partial charge on any atom is 0.263 e. The van der Waals surface area contributed by atoms with Crippen molar-refractivity contribution in [2.24, 2.45) is 7.05 Å². The van der Waals surface area contributed by atoms with Crippen molar-refractivity contribution in [2.75, 3.05) is 11.9 Å². The van der Waals surface area contributed by atoms with Crippen LogP contribution >= 0.6 is 11.3 Å². The number of nitrogens with zero attached hydrogens (tertiary/aromatic N) is 2. The van der Waals surface area contributed by atoms with Gasteiger partial charge in [-0.1, -0.05) is 0 Å². The van der Waals surface area contributed by atoms with Gasteiger partial charge in [-0.05, 0) is 38.2 Å². The van der Waals surface area contributed by atoms with Gasteiger partial charge in [0.15, 0.2) is 0 Å². The molecule has 96 valence electrons. The summed E-state index contributed by atoms with van der Waals surface area (Å²) in [6.07, 6.45) is 4.57. The first-order valence-electron chi connectivity index (χ1n) is 6.47. The van der Waals surface area contributed by atoms with Crippen LogP contribution in [0.1, 0.15) is 30.2 Å². The number of aromatic nitrogens is 2. The number of fused-ring (bicyclic) bond motifs is 3. The third-order valence-corrected chi connectivity index (χ3v) is 4.72. The van der Waals surface area contributed by atoms with Crippen molar-refractivity contribution in [1.82, 2.24) is 9.55 Å². The van der Waals surface area contributed by atoms with Gasteiger partial charge in [0.1, 0.15) is 4.83 Å². The minimum Gasteiger partial charge on any atom is -0.356 e. The number of nitrogens with one attached hydrogen (secondary N) is 1. The van der Waals surface area contributed by atoms with Crippen LogP contribution in [0.15, 0.2) is 4.79 Å². The van der Waals surface area contributed by atoms with Crippen molar-refractivity contribution in [2.45, 2.75) is 32.6 Å². The Morgan fingerprint density at radius 2 is 2.17 bits per heavy atom. The van der Waals surface area contributed by atoms with Crippen molar-refractivity contribution < 1.29 is 0 Å². The summed E-state index contributed by atoms with van der Waals surface area (Å²) in [5.41, 5.74) is 1.35. The van der Waals surface area contributed by atoms with Crippen LogP contribution in [0.25, 0.3) is 10.2 Å². The molecule has 18 heavy (non-hydrogen) atoms. The van der Waals surface area contributed by atoms with Gasteiger partial charge in [-0.25, -0.2) is 4.98 Å². The molecule has 3 rings (SSSR count). The number of hydrogen-bond acceptors (Lipinski definition) is 4. The van der Waals surface area contributed by atoms with Gasteiger partial charge in [0.05, 0.1) is 5.39 Å². The van der Waals surface area contributed by atoms with Crippen molar-refractivity contribution in [3.8, 4) is 0 Å². The van der Waals surface area contributed by atoms with Crippen LogP contribution in [-0.4, -0.2) is 16.1 Å². The van der Waals surface area contributed by atoms with E-state index in [1.807, 2.05) is 6.92 Å². The van der Waals surface area contributed by atoms with Gasteiger partial charge in [0.25, 0.3) is 5.56 Å². The number of aryl methyl sites for hydroxylation is 2. The predicted molar refractivity (Wildman–Crippen MR) is 75.7 cm³/mol. The topological polar surface area (TPSA) is 46.9 Å². The first kappa shape index (κ1) is 11.7. The molecule has 0 spiro atoms. The number of thiophene rings is 1. The highest BCUT2D eigenvalue weighted by Gasteiger charge is 2.20. The molecule has 0 saturated heterocycles. The van der Waals surface area contributed by atoms with Crippen LogP contribution in [0.3, 0.4) is 0 Å². The Morgan fingerprint density at radius 1 is 1.39 bits per heavy atom. The van der Waals surface area contributed by atoms with E-state index in [0.29, 0.717) is 5.95 Å². The standard InChI is InChI=1S/C13H17N3OS/c1-3-14-13-15-11-10(12(17)16(13)2)8-6-4-5-7-9(8)18-11/h3-7H2,1-2H3,(H,14,15). The first-order chi connectivity index (χ1) is 8.72. The molecule has 1 aliphatic rings. The van der Waals surface area contributed by atoms with Crippen molar-refractivity contribution >= 4 is 27.5 Å². The molecule has 0 aliphatic heterocycles. The Bertz CT molecular complexity index is 656. The summed E-state index contributed by atoms with van der Waals surface area (Å²) in [5, 5.41) is 4.01. The van der Waals surface area contributed by atoms with E-state index in [1.165, 1.54) is 23.3 Å². The fourth-order valence-corrected chi connectivity index (χ4v) is 3.85. The molecule has 1 aliphatic carbocycles. The lowest BCUT2D eigenvalue weighted by Crippen LogP contribution is -2.22. The Morgan fingerprint density at radius 3 is 2.94 bits per heavy atom. The molecule has 2 aromatic heterocycles. The van der Waals surface area contributed by atoms with E-state index in [-0.39, 0.29) is 5.56 Å². The highest BCUT2D eigenvalue weighted by atomic mass is 32.1. The molecular formula is C13H17N3OS. The van der Waals surface area contributed by atoms with Crippen LogP contribution in [-0.2, 0) is 19.9 Å². The lowest BCUT2D eigenvalue weighted by Gasteiger charge is -2.11. The molecule has 2 heterocycles. The minimum absolute atomic E-state index is 0.0929. The summed E-state index contributed by atoms with van der Waals surface area (Å²) >= 11 is 1.70. The second-order valence-corrected chi connectivity index (χ2v) is 5.80. The molecule has 4 nitrogen and oxygen atoms in total. The Labute approximate surface area is 110 Å². The fraction of sp³-hybridized carbons (Fsp3) is 0.538. The second kappa shape index (κ2) is 4.39. The Balaban J connectivity index is 2.30. The van der Waals surface area contributed by atoms with E-state index in [4.69, 9.17) is 0 Å². The quantitative estimate of drug-likeness (QED) is 0.904. The molecule has 5 heteroatoms. The average Bonchev–Trinajstić information content (AvgIpc) is 2.74. The summed E-state index contributed by atoms with van der Waals surface area (Å²) in [4.78, 5) is 19.3. The van der Waals surface area contributed by atoms with Gasteiger partial charge in [-0.15, -0.1) is 11.3 Å². The van der Waals surface area contributed by atoms with Crippen molar-refractivity contribution in [3.05, 3.63) is 20.8 Å². The Hall–Kier alpha value is -1.36. The third-order valence-electron chi connectivity index (χ3n) is 3.53. The van der Waals surface area contributed by atoms with E-state index >= 15 is 0 Å². The van der Waals surface area contributed by atoms with Gasteiger partial charge in [0.2, 0.25) is 5.95 Å². The predicted octanol–water partition coefficient (Wildman–Crippen LogP) is 2.31. The fourth-order valence-electron chi connectivity index (χ4n) is 2.60. The molecule has 0 radical (unpaired) electrons. The molecule has 0 amide bonds. The number of hydrogen-bond donors (Lipinski definition) is 1. The lowest BCUT2D eigenvalue weighted by atomic mass is 9.97. The molecule has 0 bridgehead atoms. The zero-order chi connectivity index (χ0) is 12.7. The normalized spacial score (nSPS) is 14.8. The zero-order valence-electron chi connectivity index (χ0n) is 10.7. The molecule has 0 unspecified atom stereocenters. The Kier molecular flexibility index (Phi) is 2.86. The van der Waals surface area contributed by atoms with Crippen molar-refractivity contribution in [3.63, 3.8) is 0 Å². The summed E-state index contributed by atoms with van der Waals surface area (Å²) in [5.74, 6) is 0.675. The highest BCUT2D eigenvalue weighted by Crippen LogP contribution is 2.33. The van der Waals surface area contributed by atoms with Crippen LogP contribution in [0, 0.1) is 0 Å². The smallest absolute Gasteiger partial charge is 0.263 e. The molecule has 0 saturated carbocycles. The maximum absolute atomic E-state index is 12.4. The monoisotopic (exact) mass is 263 g/mol. The zero-order valence-corrected chi connectivity index (χ0v) is 11.6. The van der Waals surface area contributed by atoms with E-state index in [0.717, 1.165) is 29.6 Å². The van der Waals surface area contributed by atoms with E-state index < -0.39 is 0 Å². The first-order valence-corrected chi connectivity index (χ1v) is 7.29. The molecule has 0 aromatic carbocycles. The molecular weight excluding hydrogens is 246 g/mol. The van der Waals surface area contributed by atoms with Crippen molar-refractivity contribution in [1.29, 1.82) is 0 Å². The van der Waals surface area contributed by atoms with Crippen LogP contribution < -0.4 is 10.9 Å². The average molecular weight is 263 g/mol. The largest absolute Gasteiger partial charge is 0.356 e. The number of rotatable bonds is 2. The highest BCUT2D eigenvalue weighted by molar-refractivity contribution is 7.18. The second-order valence-electron chi connectivity index (χ2n) is 4.72. The van der Waals surface area contributed by atoms with Crippen LogP contribution in [0.2, 0.25) is 0 Å². The van der Waals surface area contributed by atoms with Crippen LogP contribution in [0.5, 0.6) is 0 Å². The van der Waals surface area contributed by atoms with Gasteiger partial charge < -0.3 is 5.32 Å². The van der Waals surface area contributed by atoms with Gasteiger partial charge in [-0.3, -0.25) is 9.36 Å². The van der Waals surface area contributed by atoms with E-state index in [2.05, 4.69) is 10.3 Å². The minimum atomic E-state index is 0.0929. The van der Waals surface area contributed by atoms with Gasteiger partial charge in [0, 0.05) is 18.5 Å². The number of anilines is 1. The molecule has 2 aromatic rings.